The number of hydrogen-bond donors (Lipinski definition) is 1. The number of imidazole rings is 1. The van der Waals surface area contributed by atoms with Crippen LogP contribution in [0.1, 0.15) is 5.82 Å². The molecule has 2 rings (SSSR count). The van der Waals surface area contributed by atoms with Crippen LogP contribution < -0.4 is 5.73 Å². The minimum atomic E-state index is -0.963. The topological polar surface area (TPSA) is 43.8 Å². The molecule has 0 aliphatic carbocycles. The van der Waals surface area contributed by atoms with Gasteiger partial charge < -0.3 is 10.3 Å². The standard InChI is InChI=1S/C13H11F2N3/c1-3-7-18-8(2)17-12(13(18)16)9-5-4-6-10(14)11(9)15/h1,4-6H,7,16H2,2H3. The van der Waals surface area contributed by atoms with Gasteiger partial charge in [-0.15, -0.1) is 6.42 Å². The van der Waals surface area contributed by atoms with Crippen LogP contribution >= 0.6 is 0 Å². The second-order valence-electron chi connectivity index (χ2n) is 3.78. The lowest BCUT2D eigenvalue weighted by molar-refractivity contribution is 0.511. The van der Waals surface area contributed by atoms with Crippen LogP contribution in [0.5, 0.6) is 0 Å². The summed E-state index contributed by atoms with van der Waals surface area (Å²) in [7, 11) is 0. The number of nitrogen functional groups attached to an aromatic ring is 1. The number of nitrogens with zero attached hydrogens (tertiary/aromatic N) is 2. The van der Waals surface area contributed by atoms with E-state index < -0.39 is 11.6 Å². The van der Waals surface area contributed by atoms with E-state index >= 15 is 0 Å². The van der Waals surface area contributed by atoms with Gasteiger partial charge in [0, 0.05) is 5.56 Å². The molecule has 2 N–H and O–H groups in total. The van der Waals surface area contributed by atoms with Crippen LogP contribution in [0.4, 0.5) is 14.6 Å². The fourth-order valence-corrected chi connectivity index (χ4v) is 1.76. The Morgan fingerprint density at radius 1 is 1.44 bits per heavy atom. The van der Waals surface area contributed by atoms with Crippen molar-refractivity contribution in [1.82, 2.24) is 9.55 Å². The molecule has 5 heteroatoms. The Hall–Kier alpha value is -2.35. The first-order valence-corrected chi connectivity index (χ1v) is 5.26. The summed E-state index contributed by atoms with van der Waals surface area (Å²) in [5.74, 6) is 1.32. The van der Waals surface area contributed by atoms with Gasteiger partial charge in [0.25, 0.3) is 0 Å². The molecular weight excluding hydrogens is 236 g/mol. The second kappa shape index (κ2) is 4.49. The fraction of sp³-hybridized carbons (Fsp3) is 0.154. The molecule has 0 amide bonds. The van der Waals surface area contributed by atoms with E-state index in [1.165, 1.54) is 12.1 Å². The summed E-state index contributed by atoms with van der Waals surface area (Å²) in [4.78, 5) is 4.14. The smallest absolute Gasteiger partial charge is 0.168 e. The molecule has 0 fully saturated rings. The first-order valence-electron chi connectivity index (χ1n) is 5.26. The number of terminal acetylenes is 1. The summed E-state index contributed by atoms with van der Waals surface area (Å²) >= 11 is 0. The average molecular weight is 247 g/mol. The molecule has 0 unspecified atom stereocenters. The molecule has 92 valence electrons. The molecule has 0 bridgehead atoms. The minimum absolute atomic E-state index is 0.0337. The summed E-state index contributed by atoms with van der Waals surface area (Å²) in [5.41, 5.74) is 6.10. The van der Waals surface area contributed by atoms with Crippen LogP contribution in [0.15, 0.2) is 18.2 Å². The maximum absolute atomic E-state index is 13.7. The average Bonchev–Trinajstić information content (AvgIpc) is 2.61. The number of halogens is 2. The van der Waals surface area contributed by atoms with Gasteiger partial charge in [0.15, 0.2) is 11.6 Å². The molecule has 3 nitrogen and oxygen atoms in total. The summed E-state index contributed by atoms with van der Waals surface area (Å²) in [6.07, 6.45) is 5.21. The Morgan fingerprint density at radius 3 is 2.83 bits per heavy atom. The van der Waals surface area contributed by atoms with Gasteiger partial charge >= 0.3 is 0 Å². The van der Waals surface area contributed by atoms with Gasteiger partial charge in [-0.25, -0.2) is 13.8 Å². The molecule has 0 aliphatic heterocycles. The van der Waals surface area contributed by atoms with Crippen molar-refractivity contribution in [3.8, 4) is 23.6 Å². The third-order valence-electron chi connectivity index (χ3n) is 2.65. The van der Waals surface area contributed by atoms with Crippen molar-refractivity contribution in [3.05, 3.63) is 35.7 Å². The number of nitrogens with two attached hydrogens (primary N) is 1. The Morgan fingerprint density at radius 2 is 2.17 bits per heavy atom. The molecule has 0 saturated carbocycles. The molecule has 0 spiro atoms. The van der Waals surface area contributed by atoms with Gasteiger partial charge in [-0.2, -0.15) is 0 Å². The van der Waals surface area contributed by atoms with Crippen LogP contribution in [-0.2, 0) is 6.54 Å². The Bertz CT molecular complexity index is 638. The molecule has 2 aromatic rings. The largest absolute Gasteiger partial charge is 0.383 e. The first-order chi connectivity index (χ1) is 8.56. The first kappa shape index (κ1) is 12.1. The molecule has 1 heterocycles. The number of benzene rings is 1. The van der Waals surface area contributed by atoms with Crippen LogP contribution in [0.3, 0.4) is 0 Å². The Kier molecular flexibility index (Phi) is 3.02. The van der Waals surface area contributed by atoms with Crippen LogP contribution in [0.2, 0.25) is 0 Å². The summed E-state index contributed by atoms with van der Waals surface area (Å²) < 4.78 is 28.4. The predicted octanol–water partition coefficient (Wildman–Crippen LogP) is 2.35. The molecular formula is C13H11F2N3. The molecule has 1 aromatic carbocycles. The molecule has 0 aliphatic rings. The van der Waals surface area contributed by atoms with Gasteiger partial charge in [-0.1, -0.05) is 12.0 Å². The highest BCUT2D eigenvalue weighted by molar-refractivity contribution is 5.71. The molecule has 0 radical (unpaired) electrons. The summed E-state index contributed by atoms with van der Waals surface area (Å²) in [5, 5.41) is 0. The quantitative estimate of drug-likeness (QED) is 0.828. The van der Waals surface area contributed by atoms with Crippen LogP contribution in [0.25, 0.3) is 11.3 Å². The molecule has 18 heavy (non-hydrogen) atoms. The summed E-state index contributed by atoms with van der Waals surface area (Å²) in [6, 6.07) is 3.87. The van der Waals surface area contributed by atoms with E-state index in [0.717, 1.165) is 6.07 Å². The van der Waals surface area contributed by atoms with Gasteiger partial charge in [-0.05, 0) is 19.1 Å². The number of aromatic nitrogens is 2. The van der Waals surface area contributed by atoms with E-state index in [1.54, 1.807) is 11.5 Å². The predicted molar refractivity (Wildman–Crippen MR) is 65.6 cm³/mol. The highest BCUT2D eigenvalue weighted by Crippen LogP contribution is 2.29. The fourth-order valence-electron chi connectivity index (χ4n) is 1.76. The van der Waals surface area contributed by atoms with Gasteiger partial charge in [0.2, 0.25) is 0 Å². The third kappa shape index (κ3) is 1.82. The van der Waals surface area contributed by atoms with E-state index in [1.807, 2.05) is 0 Å². The number of hydrogen-bond acceptors (Lipinski definition) is 2. The Labute approximate surface area is 103 Å². The van der Waals surface area contributed by atoms with E-state index in [4.69, 9.17) is 12.2 Å². The highest BCUT2D eigenvalue weighted by Gasteiger charge is 2.18. The lowest BCUT2D eigenvalue weighted by atomic mass is 10.1. The minimum Gasteiger partial charge on any atom is -0.383 e. The van der Waals surface area contributed by atoms with E-state index in [2.05, 4.69) is 10.9 Å². The van der Waals surface area contributed by atoms with E-state index in [-0.39, 0.29) is 23.6 Å². The Balaban J connectivity index is 2.62. The zero-order valence-corrected chi connectivity index (χ0v) is 9.74. The zero-order chi connectivity index (χ0) is 13.3. The number of aryl methyl sites for hydroxylation is 1. The van der Waals surface area contributed by atoms with Crippen LogP contribution in [-0.4, -0.2) is 9.55 Å². The number of rotatable bonds is 2. The van der Waals surface area contributed by atoms with Gasteiger partial charge in [-0.3, -0.25) is 0 Å². The summed E-state index contributed by atoms with van der Waals surface area (Å²) in [6.45, 7) is 1.94. The van der Waals surface area contributed by atoms with Crippen molar-refractivity contribution in [2.45, 2.75) is 13.5 Å². The van der Waals surface area contributed by atoms with Crippen LogP contribution in [0, 0.1) is 30.9 Å². The number of anilines is 1. The van der Waals surface area contributed by atoms with Crippen molar-refractivity contribution in [3.63, 3.8) is 0 Å². The molecule has 0 atom stereocenters. The van der Waals surface area contributed by atoms with Crippen molar-refractivity contribution in [2.24, 2.45) is 0 Å². The van der Waals surface area contributed by atoms with Crippen molar-refractivity contribution < 1.29 is 8.78 Å². The highest BCUT2D eigenvalue weighted by atomic mass is 19.2. The van der Waals surface area contributed by atoms with Gasteiger partial charge in [0.1, 0.15) is 17.3 Å². The van der Waals surface area contributed by atoms with E-state index in [0.29, 0.717) is 5.82 Å². The maximum atomic E-state index is 13.7. The van der Waals surface area contributed by atoms with Gasteiger partial charge in [0.05, 0.1) is 6.54 Å². The van der Waals surface area contributed by atoms with Crippen molar-refractivity contribution in [2.75, 3.05) is 5.73 Å². The third-order valence-corrected chi connectivity index (χ3v) is 2.65. The monoisotopic (exact) mass is 247 g/mol. The lowest BCUT2D eigenvalue weighted by Crippen LogP contribution is -2.03. The van der Waals surface area contributed by atoms with Crippen molar-refractivity contribution >= 4 is 5.82 Å². The SMILES string of the molecule is C#CCn1c(C)nc(-c2cccc(F)c2F)c1N. The lowest BCUT2D eigenvalue weighted by Gasteiger charge is -2.04. The maximum Gasteiger partial charge on any atom is 0.168 e. The molecule has 1 aromatic heterocycles. The normalized spacial score (nSPS) is 10.3. The van der Waals surface area contributed by atoms with E-state index in [9.17, 15) is 8.78 Å². The van der Waals surface area contributed by atoms with Crippen molar-refractivity contribution in [1.29, 1.82) is 0 Å². The zero-order valence-electron chi connectivity index (χ0n) is 9.74. The second-order valence-corrected chi connectivity index (χ2v) is 3.78. The molecule has 0 saturated heterocycles.